The Balaban J connectivity index is 1.62. The molecule has 1 aromatic carbocycles. The van der Waals surface area contributed by atoms with Crippen molar-refractivity contribution in [1.29, 1.82) is 0 Å². The molecule has 0 aliphatic heterocycles. The smallest absolute Gasteiger partial charge is 0.320 e. The molecule has 2 amide bonds. The zero-order chi connectivity index (χ0) is 18.7. The van der Waals surface area contributed by atoms with Gasteiger partial charge in [0.05, 0.1) is 25.9 Å². The number of aromatic amines is 1. The van der Waals surface area contributed by atoms with Crippen LogP contribution in [0.4, 0.5) is 10.6 Å². The second kappa shape index (κ2) is 7.51. The van der Waals surface area contributed by atoms with Gasteiger partial charge in [-0.1, -0.05) is 13.8 Å². The van der Waals surface area contributed by atoms with E-state index in [1.165, 1.54) is 0 Å². The van der Waals surface area contributed by atoms with Crippen molar-refractivity contribution in [2.24, 2.45) is 5.92 Å². The molecular weight excluding hydrogens is 330 g/mol. The molecule has 3 aromatic rings. The molecule has 7 heteroatoms. The number of fused-ring (bicyclic) bond motifs is 1. The molecule has 0 aliphatic rings. The summed E-state index contributed by atoms with van der Waals surface area (Å²) in [6, 6.07) is 9.56. The predicted molar refractivity (Wildman–Crippen MR) is 102 cm³/mol. The third-order valence-corrected chi connectivity index (χ3v) is 4.59. The average Bonchev–Trinajstić information content (AvgIpc) is 3.24. The van der Waals surface area contributed by atoms with E-state index in [1.807, 2.05) is 28.9 Å². The van der Waals surface area contributed by atoms with E-state index in [2.05, 4.69) is 41.5 Å². The van der Waals surface area contributed by atoms with E-state index in [-0.39, 0.29) is 12.1 Å². The highest BCUT2D eigenvalue weighted by atomic mass is 16.5. The van der Waals surface area contributed by atoms with Crippen LogP contribution in [0.1, 0.15) is 32.5 Å². The molecule has 7 nitrogen and oxygen atoms in total. The van der Waals surface area contributed by atoms with Crippen LogP contribution in [0.2, 0.25) is 0 Å². The molecule has 0 saturated heterocycles. The number of aromatic nitrogens is 3. The number of methoxy groups -OCH3 is 1. The quantitative estimate of drug-likeness (QED) is 0.627. The molecular formula is C19H25N5O2. The van der Waals surface area contributed by atoms with Crippen LogP contribution in [0.5, 0.6) is 5.75 Å². The van der Waals surface area contributed by atoms with Crippen molar-refractivity contribution >= 4 is 22.8 Å². The molecule has 3 rings (SSSR count). The molecule has 0 aliphatic carbocycles. The number of benzene rings is 1. The number of carbonyl (C=O) groups excluding carboxylic acids is 1. The summed E-state index contributed by atoms with van der Waals surface area (Å²) in [5.41, 5.74) is 1.93. The average molecular weight is 355 g/mol. The summed E-state index contributed by atoms with van der Waals surface area (Å²) in [5, 5.41) is 11.1. The lowest BCUT2D eigenvalue weighted by Crippen LogP contribution is -2.30. The first-order chi connectivity index (χ1) is 12.5. The number of ether oxygens (including phenoxy) is 1. The van der Waals surface area contributed by atoms with Crippen LogP contribution in [-0.2, 0) is 6.54 Å². The first kappa shape index (κ1) is 17.8. The fourth-order valence-corrected chi connectivity index (χ4v) is 2.75. The van der Waals surface area contributed by atoms with Gasteiger partial charge in [-0.05, 0) is 37.1 Å². The fraction of sp³-hybridized carbons (Fsp3) is 0.368. The van der Waals surface area contributed by atoms with Gasteiger partial charge in [0.15, 0.2) is 0 Å². The topological polar surface area (TPSA) is 84.0 Å². The third-order valence-electron chi connectivity index (χ3n) is 4.59. The number of hydrogen-bond acceptors (Lipinski definition) is 3. The van der Waals surface area contributed by atoms with Gasteiger partial charge >= 0.3 is 6.03 Å². The SMILES string of the molecule is COc1ccc2[nH]c(CNC(=O)Nc3ccnn3[C@H](C)C(C)C)cc2c1. The maximum atomic E-state index is 12.2. The van der Waals surface area contributed by atoms with E-state index in [4.69, 9.17) is 4.74 Å². The van der Waals surface area contributed by atoms with Crippen molar-refractivity contribution in [1.82, 2.24) is 20.1 Å². The van der Waals surface area contributed by atoms with Gasteiger partial charge in [-0.2, -0.15) is 5.10 Å². The van der Waals surface area contributed by atoms with Crippen molar-refractivity contribution in [2.75, 3.05) is 12.4 Å². The lowest BCUT2D eigenvalue weighted by Gasteiger charge is -2.19. The van der Waals surface area contributed by atoms with E-state index in [1.54, 1.807) is 19.4 Å². The third kappa shape index (κ3) is 3.82. The zero-order valence-corrected chi connectivity index (χ0v) is 15.5. The van der Waals surface area contributed by atoms with Crippen LogP contribution in [0.15, 0.2) is 36.5 Å². The molecule has 0 unspecified atom stereocenters. The monoisotopic (exact) mass is 355 g/mol. The van der Waals surface area contributed by atoms with Crippen molar-refractivity contribution in [2.45, 2.75) is 33.4 Å². The van der Waals surface area contributed by atoms with Crippen LogP contribution in [0, 0.1) is 5.92 Å². The van der Waals surface area contributed by atoms with Gasteiger partial charge in [-0.15, -0.1) is 0 Å². The Hall–Kier alpha value is -2.96. The molecule has 0 spiro atoms. The highest BCUT2D eigenvalue weighted by Gasteiger charge is 2.15. The largest absolute Gasteiger partial charge is 0.497 e. The number of amides is 2. The van der Waals surface area contributed by atoms with E-state index >= 15 is 0 Å². The van der Waals surface area contributed by atoms with Crippen molar-refractivity contribution in [3.05, 3.63) is 42.2 Å². The Morgan fingerprint density at radius 1 is 1.27 bits per heavy atom. The number of urea groups is 1. The standard InChI is InChI=1S/C19H25N5O2/c1-12(2)13(3)24-18(7-8-21-24)23-19(25)20-11-15-9-14-10-16(26-4)5-6-17(14)22-15/h5-10,12-13,22H,11H2,1-4H3,(H2,20,23,25)/t13-/m1/s1. The van der Waals surface area contributed by atoms with Gasteiger partial charge in [0.2, 0.25) is 0 Å². The van der Waals surface area contributed by atoms with Gasteiger partial charge in [-0.25, -0.2) is 9.48 Å². The Morgan fingerprint density at radius 2 is 2.08 bits per heavy atom. The highest BCUT2D eigenvalue weighted by Crippen LogP contribution is 2.22. The van der Waals surface area contributed by atoms with Crippen LogP contribution in [-0.4, -0.2) is 27.9 Å². The van der Waals surface area contributed by atoms with Crippen LogP contribution in [0.25, 0.3) is 10.9 Å². The van der Waals surface area contributed by atoms with E-state index in [0.29, 0.717) is 18.3 Å². The van der Waals surface area contributed by atoms with E-state index in [9.17, 15) is 4.79 Å². The second-order valence-electron chi connectivity index (χ2n) is 6.70. The molecule has 2 heterocycles. The molecule has 0 fully saturated rings. The second-order valence-corrected chi connectivity index (χ2v) is 6.70. The first-order valence-electron chi connectivity index (χ1n) is 8.72. The minimum Gasteiger partial charge on any atom is -0.497 e. The molecule has 1 atom stereocenters. The minimum atomic E-state index is -0.265. The summed E-state index contributed by atoms with van der Waals surface area (Å²) in [4.78, 5) is 15.5. The molecule has 0 saturated carbocycles. The molecule has 3 N–H and O–H groups in total. The van der Waals surface area contributed by atoms with Crippen molar-refractivity contribution < 1.29 is 9.53 Å². The van der Waals surface area contributed by atoms with Gasteiger partial charge < -0.3 is 15.0 Å². The molecule has 0 radical (unpaired) electrons. The van der Waals surface area contributed by atoms with Gasteiger partial charge in [0.25, 0.3) is 0 Å². The lowest BCUT2D eigenvalue weighted by atomic mass is 10.1. The number of anilines is 1. The predicted octanol–water partition coefficient (Wildman–Crippen LogP) is 3.91. The Morgan fingerprint density at radius 3 is 2.81 bits per heavy atom. The van der Waals surface area contributed by atoms with Crippen LogP contribution < -0.4 is 15.4 Å². The molecule has 2 aromatic heterocycles. The summed E-state index contributed by atoms with van der Waals surface area (Å²) in [6.45, 7) is 6.73. The summed E-state index contributed by atoms with van der Waals surface area (Å²) >= 11 is 0. The molecule has 0 bridgehead atoms. The number of rotatable bonds is 6. The maximum Gasteiger partial charge on any atom is 0.320 e. The molecule has 26 heavy (non-hydrogen) atoms. The number of hydrogen-bond donors (Lipinski definition) is 3. The first-order valence-corrected chi connectivity index (χ1v) is 8.72. The zero-order valence-electron chi connectivity index (χ0n) is 15.5. The Bertz CT molecular complexity index is 896. The molecule has 138 valence electrons. The minimum absolute atomic E-state index is 0.198. The fourth-order valence-electron chi connectivity index (χ4n) is 2.75. The number of nitrogens with one attached hydrogen (secondary N) is 3. The van der Waals surface area contributed by atoms with Gasteiger partial charge in [-0.3, -0.25) is 5.32 Å². The summed E-state index contributed by atoms with van der Waals surface area (Å²) in [5.74, 6) is 1.91. The summed E-state index contributed by atoms with van der Waals surface area (Å²) in [6.07, 6.45) is 1.69. The van der Waals surface area contributed by atoms with E-state index in [0.717, 1.165) is 22.3 Å². The Kier molecular flexibility index (Phi) is 5.16. The van der Waals surface area contributed by atoms with Crippen molar-refractivity contribution in [3.8, 4) is 5.75 Å². The number of nitrogens with zero attached hydrogens (tertiary/aromatic N) is 2. The van der Waals surface area contributed by atoms with E-state index < -0.39 is 0 Å². The van der Waals surface area contributed by atoms with Crippen LogP contribution in [0.3, 0.4) is 0 Å². The highest BCUT2D eigenvalue weighted by molar-refractivity contribution is 5.88. The Labute approximate surface area is 152 Å². The maximum absolute atomic E-state index is 12.2. The normalized spacial score (nSPS) is 12.3. The number of H-pyrrole nitrogens is 1. The van der Waals surface area contributed by atoms with Gasteiger partial charge in [0.1, 0.15) is 11.6 Å². The van der Waals surface area contributed by atoms with Gasteiger partial charge in [0, 0.05) is 22.7 Å². The van der Waals surface area contributed by atoms with Crippen LogP contribution >= 0.6 is 0 Å². The summed E-state index contributed by atoms with van der Waals surface area (Å²) < 4.78 is 7.07. The number of carbonyl (C=O) groups is 1. The lowest BCUT2D eigenvalue weighted by molar-refractivity contribution is 0.251. The summed E-state index contributed by atoms with van der Waals surface area (Å²) in [7, 11) is 1.64. The van der Waals surface area contributed by atoms with Crippen molar-refractivity contribution in [3.63, 3.8) is 0 Å².